The summed E-state index contributed by atoms with van der Waals surface area (Å²) in [4.78, 5) is 7.66. The van der Waals surface area contributed by atoms with Gasteiger partial charge < -0.3 is 4.55 Å². The molecule has 0 bridgehead atoms. The van der Waals surface area contributed by atoms with E-state index in [4.69, 9.17) is 0 Å². The molecule has 1 aromatic carbocycles. The SMILES string of the molecule is CC(C)C[S@@+]([O-])/N=C/Cc1cc(-c2cncnc2)c(F)cc1F. The number of benzene rings is 1. The fraction of sp³-hybridized carbons (Fsp3) is 0.312. The second kappa shape index (κ2) is 8.12. The van der Waals surface area contributed by atoms with Gasteiger partial charge in [0.25, 0.3) is 0 Å². The summed E-state index contributed by atoms with van der Waals surface area (Å²) in [5, 5.41) is 0. The van der Waals surface area contributed by atoms with Crippen LogP contribution in [0.4, 0.5) is 8.78 Å². The van der Waals surface area contributed by atoms with Gasteiger partial charge in [0.05, 0.1) is 17.6 Å². The first-order valence-electron chi connectivity index (χ1n) is 7.11. The smallest absolute Gasteiger partial charge is 0.135 e. The van der Waals surface area contributed by atoms with Gasteiger partial charge >= 0.3 is 0 Å². The van der Waals surface area contributed by atoms with Crippen LogP contribution in [0.5, 0.6) is 0 Å². The van der Waals surface area contributed by atoms with Crippen LogP contribution in [-0.2, 0) is 17.8 Å². The molecule has 0 N–H and O–H groups in total. The average Bonchev–Trinajstić information content (AvgIpc) is 2.49. The van der Waals surface area contributed by atoms with E-state index in [0.29, 0.717) is 11.3 Å². The highest BCUT2D eigenvalue weighted by atomic mass is 32.2. The molecule has 1 aromatic heterocycles. The maximum Gasteiger partial charge on any atom is 0.135 e. The van der Waals surface area contributed by atoms with Crippen molar-refractivity contribution < 1.29 is 13.3 Å². The number of aromatic nitrogens is 2. The van der Waals surface area contributed by atoms with E-state index in [-0.39, 0.29) is 23.5 Å². The van der Waals surface area contributed by atoms with Crippen LogP contribution in [0.2, 0.25) is 0 Å². The van der Waals surface area contributed by atoms with Gasteiger partial charge in [0.1, 0.15) is 23.7 Å². The largest absolute Gasteiger partial charge is 0.591 e. The molecule has 0 saturated carbocycles. The molecule has 2 aromatic rings. The first kappa shape index (κ1) is 17.5. The van der Waals surface area contributed by atoms with Crippen molar-refractivity contribution in [2.45, 2.75) is 20.3 Å². The van der Waals surface area contributed by atoms with Crippen LogP contribution in [0.25, 0.3) is 11.1 Å². The summed E-state index contributed by atoms with van der Waals surface area (Å²) in [7, 11) is 0. The van der Waals surface area contributed by atoms with Gasteiger partial charge in [0.2, 0.25) is 0 Å². The molecule has 0 amide bonds. The van der Waals surface area contributed by atoms with E-state index in [9.17, 15) is 13.3 Å². The molecule has 122 valence electrons. The Hall–Kier alpha value is -1.86. The minimum atomic E-state index is -1.32. The van der Waals surface area contributed by atoms with Crippen molar-refractivity contribution in [2.75, 3.05) is 5.75 Å². The molecule has 23 heavy (non-hydrogen) atoms. The Morgan fingerprint density at radius 2 is 1.91 bits per heavy atom. The van der Waals surface area contributed by atoms with E-state index in [1.807, 2.05) is 13.8 Å². The Bertz CT molecular complexity index is 681. The molecule has 0 aliphatic carbocycles. The third-order valence-electron chi connectivity index (χ3n) is 2.99. The minimum Gasteiger partial charge on any atom is -0.591 e. The van der Waals surface area contributed by atoms with E-state index in [1.165, 1.54) is 31.0 Å². The topological polar surface area (TPSA) is 61.2 Å². The van der Waals surface area contributed by atoms with E-state index < -0.39 is 23.0 Å². The standard InChI is InChI=1S/C16H17F2N3OS/c1-11(2)9-23(22)21-4-3-12-5-14(16(18)6-15(12)17)13-7-19-10-20-8-13/h4-8,10-11H,3,9H2,1-2H3/b21-4+/t23-/m1/s1. The van der Waals surface area contributed by atoms with Crippen molar-refractivity contribution in [3.8, 4) is 11.1 Å². The molecule has 2 rings (SSSR count). The number of nitrogens with zero attached hydrogens (tertiary/aromatic N) is 3. The Balaban J connectivity index is 2.18. The lowest BCUT2D eigenvalue weighted by Crippen LogP contribution is -2.09. The molecule has 0 spiro atoms. The molecule has 0 unspecified atom stereocenters. The van der Waals surface area contributed by atoms with Crippen molar-refractivity contribution in [3.63, 3.8) is 0 Å². The summed E-state index contributed by atoms with van der Waals surface area (Å²) in [6.07, 6.45) is 5.79. The number of hydrogen-bond acceptors (Lipinski definition) is 4. The van der Waals surface area contributed by atoms with Gasteiger partial charge in [-0.05, 0) is 11.6 Å². The monoisotopic (exact) mass is 337 g/mol. The molecular formula is C16H17F2N3OS. The average molecular weight is 337 g/mol. The molecule has 0 aliphatic rings. The molecule has 0 fully saturated rings. The van der Waals surface area contributed by atoms with E-state index in [2.05, 4.69) is 14.4 Å². The summed E-state index contributed by atoms with van der Waals surface area (Å²) in [5.74, 6) is -0.625. The Labute approximate surface area is 137 Å². The van der Waals surface area contributed by atoms with Crippen molar-refractivity contribution in [1.82, 2.24) is 9.97 Å². The summed E-state index contributed by atoms with van der Waals surface area (Å²) in [5.41, 5.74) is 0.959. The van der Waals surface area contributed by atoms with Crippen LogP contribution in [0, 0.1) is 17.6 Å². The van der Waals surface area contributed by atoms with Gasteiger partial charge in [0.15, 0.2) is 0 Å². The van der Waals surface area contributed by atoms with Gasteiger partial charge in [-0.3, -0.25) is 0 Å². The van der Waals surface area contributed by atoms with Crippen molar-refractivity contribution >= 4 is 17.6 Å². The minimum absolute atomic E-state index is 0.136. The van der Waals surface area contributed by atoms with Crippen molar-refractivity contribution in [1.29, 1.82) is 0 Å². The normalized spacial score (nSPS) is 13.0. The molecule has 4 nitrogen and oxygen atoms in total. The second-order valence-corrected chi connectivity index (χ2v) is 6.61. The fourth-order valence-electron chi connectivity index (χ4n) is 1.96. The van der Waals surface area contributed by atoms with Crippen LogP contribution in [-0.4, -0.2) is 26.5 Å². The first-order chi connectivity index (χ1) is 11.0. The van der Waals surface area contributed by atoms with Gasteiger partial charge in [-0.2, -0.15) is 0 Å². The zero-order chi connectivity index (χ0) is 16.8. The first-order valence-corrected chi connectivity index (χ1v) is 8.39. The molecule has 7 heteroatoms. The highest BCUT2D eigenvalue weighted by molar-refractivity contribution is 7.90. The van der Waals surface area contributed by atoms with Crippen LogP contribution >= 0.6 is 0 Å². The summed E-state index contributed by atoms with van der Waals surface area (Å²) >= 11 is -1.32. The number of rotatable bonds is 6. The lowest BCUT2D eigenvalue weighted by Gasteiger charge is -2.07. The van der Waals surface area contributed by atoms with Crippen LogP contribution < -0.4 is 0 Å². The Morgan fingerprint density at radius 3 is 2.57 bits per heavy atom. The fourth-order valence-corrected chi connectivity index (χ4v) is 2.85. The Kier molecular flexibility index (Phi) is 6.18. The van der Waals surface area contributed by atoms with E-state index in [0.717, 1.165) is 6.07 Å². The zero-order valence-corrected chi connectivity index (χ0v) is 13.7. The molecule has 0 saturated heterocycles. The predicted octanol–water partition coefficient (Wildman–Crippen LogP) is 3.35. The third-order valence-corrected chi connectivity index (χ3v) is 4.32. The zero-order valence-electron chi connectivity index (χ0n) is 12.9. The maximum atomic E-state index is 13.9. The van der Waals surface area contributed by atoms with Gasteiger partial charge in [0, 0.05) is 41.9 Å². The van der Waals surface area contributed by atoms with Crippen molar-refractivity contribution in [2.24, 2.45) is 10.3 Å². The third kappa shape index (κ3) is 5.07. The lowest BCUT2D eigenvalue weighted by molar-refractivity contribution is 0.577. The summed E-state index contributed by atoms with van der Waals surface area (Å²) in [6.45, 7) is 3.89. The Morgan fingerprint density at radius 1 is 1.22 bits per heavy atom. The predicted molar refractivity (Wildman–Crippen MR) is 87.4 cm³/mol. The summed E-state index contributed by atoms with van der Waals surface area (Å²) in [6, 6.07) is 2.23. The van der Waals surface area contributed by atoms with E-state index >= 15 is 0 Å². The molecule has 0 radical (unpaired) electrons. The molecule has 1 heterocycles. The number of hydrogen-bond donors (Lipinski definition) is 0. The highest BCUT2D eigenvalue weighted by Gasteiger charge is 2.12. The molecule has 1 atom stereocenters. The van der Waals surface area contributed by atoms with E-state index in [1.54, 1.807) is 0 Å². The van der Waals surface area contributed by atoms with Crippen LogP contribution in [0.3, 0.4) is 0 Å². The van der Waals surface area contributed by atoms with Crippen molar-refractivity contribution in [3.05, 3.63) is 48.1 Å². The molecule has 0 aliphatic heterocycles. The van der Waals surface area contributed by atoms with Crippen LogP contribution in [0.1, 0.15) is 19.4 Å². The lowest BCUT2D eigenvalue weighted by atomic mass is 10.0. The highest BCUT2D eigenvalue weighted by Crippen LogP contribution is 2.24. The van der Waals surface area contributed by atoms with Gasteiger partial charge in [-0.1, -0.05) is 18.2 Å². The van der Waals surface area contributed by atoms with Gasteiger partial charge in [-0.25, -0.2) is 18.7 Å². The van der Waals surface area contributed by atoms with Crippen LogP contribution in [0.15, 0.2) is 35.3 Å². The quantitative estimate of drug-likeness (QED) is 0.600. The summed E-state index contributed by atoms with van der Waals surface area (Å²) < 4.78 is 43.3. The second-order valence-electron chi connectivity index (χ2n) is 5.42. The van der Waals surface area contributed by atoms with Gasteiger partial charge in [-0.15, -0.1) is 0 Å². The molecular weight excluding hydrogens is 320 g/mol. The maximum absolute atomic E-state index is 13.9. The number of halogens is 2.